The van der Waals surface area contributed by atoms with Gasteiger partial charge in [0, 0.05) is 42.4 Å². The van der Waals surface area contributed by atoms with Gasteiger partial charge in [-0.25, -0.2) is 4.98 Å². The van der Waals surface area contributed by atoms with Crippen LogP contribution >= 0.6 is 0 Å². The monoisotopic (exact) mass is 673 g/mol. The molecule has 0 unspecified atom stereocenters. The molecule has 6 aromatic carbocycles. The number of ether oxygens (including phenoxy) is 2. The molecule has 2 aromatic heterocycles. The van der Waals surface area contributed by atoms with Gasteiger partial charge >= 0.3 is 0 Å². The summed E-state index contributed by atoms with van der Waals surface area (Å²) in [4.78, 5) is 16.8. The largest absolute Gasteiger partial charge is 0.497 e. The van der Waals surface area contributed by atoms with E-state index in [0.717, 1.165) is 10.9 Å². The molecule has 0 saturated heterocycles. The number of pyridine rings is 1. The summed E-state index contributed by atoms with van der Waals surface area (Å²) in [5.74, 6) is 1.69. The summed E-state index contributed by atoms with van der Waals surface area (Å²) < 4.78 is 63.5. The molecular formula is C44H33N3O4. The quantitative estimate of drug-likeness (QED) is 0.118. The number of nitro benzene ring substituents is 1. The third-order valence-corrected chi connectivity index (χ3v) is 8.97. The number of para-hydroxylation sites is 2. The van der Waals surface area contributed by atoms with Crippen molar-refractivity contribution in [3.05, 3.63) is 167 Å². The second kappa shape index (κ2) is 12.9. The van der Waals surface area contributed by atoms with Gasteiger partial charge in [0.1, 0.15) is 23.1 Å². The Morgan fingerprint density at radius 2 is 1.39 bits per heavy atom. The van der Waals surface area contributed by atoms with E-state index in [0.29, 0.717) is 67.3 Å². The number of hydrogen-bond donors (Lipinski definition) is 0. The molecule has 7 nitrogen and oxygen atoms in total. The number of nitrogens with zero attached hydrogens (tertiary/aromatic N) is 3. The highest BCUT2D eigenvalue weighted by atomic mass is 16.6. The molecule has 248 valence electrons. The van der Waals surface area contributed by atoms with Gasteiger partial charge in [-0.05, 0) is 91.1 Å². The van der Waals surface area contributed by atoms with E-state index in [1.54, 1.807) is 103 Å². The van der Waals surface area contributed by atoms with Crippen LogP contribution in [0.25, 0.3) is 61.0 Å². The first-order chi connectivity index (χ1) is 27.3. The number of rotatable bonds is 8. The number of methoxy groups -OCH3 is 1. The van der Waals surface area contributed by atoms with Crippen LogP contribution in [0.3, 0.4) is 0 Å². The summed E-state index contributed by atoms with van der Waals surface area (Å²) >= 11 is 0. The maximum Gasteiger partial charge on any atom is 0.284 e. The molecule has 0 spiro atoms. The van der Waals surface area contributed by atoms with Crippen LogP contribution < -0.4 is 9.47 Å². The van der Waals surface area contributed by atoms with Crippen LogP contribution in [0.4, 0.5) is 5.69 Å². The highest BCUT2D eigenvalue weighted by Crippen LogP contribution is 2.41. The minimum Gasteiger partial charge on any atom is -0.497 e. The molecule has 0 fully saturated rings. The first-order valence-corrected chi connectivity index (χ1v) is 16.2. The fraction of sp³-hybridized carbons (Fsp3) is 0.0682. The zero-order chi connectivity index (χ0) is 40.1. The molecule has 0 amide bonds. The fourth-order valence-corrected chi connectivity index (χ4v) is 6.59. The van der Waals surface area contributed by atoms with Crippen LogP contribution in [-0.4, -0.2) is 21.6 Å². The van der Waals surface area contributed by atoms with E-state index in [4.69, 9.17) is 22.7 Å². The Hall–Kier alpha value is -6.73. The molecule has 0 N–H and O–H groups in total. The van der Waals surface area contributed by atoms with Crippen molar-refractivity contribution in [3.8, 4) is 56.4 Å². The van der Waals surface area contributed by atoms with Crippen molar-refractivity contribution < 1.29 is 22.6 Å². The summed E-state index contributed by atoms with van der Waals surface area (Å²) in [5.41, 5.74) is 4.67. The highest BCUT2D eigenvalue weighted by Gasteiger charge is 2.22. The van der Waals surface area contributed by atoms with Gasteiger partial charge in [0.25, 0.3) is 5.69 Å². The summed E-state index contributed by atoms with van der Waals surface area (Å²) in [6.07, 6.45) is 1.51. The van der Waals surface area contributed by atoms with E-state index in [1.807, 2.05) is 42.5 Å². The second-order valence-corrected chi connectivity index (χ2v) is 12.0. The third-order valence-electron chi connectivity index (χ3n) is 8.97. The van der Waals surface area contributed by atoms with Crippen molar-refractivity contribution in [2.24, 2.45) is 0 Å². The average Bonchev–Trinajstić information content (AvgIpc) is 3.53. The Morgan fingerprint density at radius 3 is 2.14 bits per heavy atom. The number of aromatic nitrogens is 2. The van der Waals surface area contributed by atoms with E-state index < -0.39 is 13.7 Å². The van der Waals surface area contributed by atoms with Crippen molar-refractivity contribution in [1.29, 1.82) is 0 Å². The van der Waals surface area contributed by atoms with Crippen LogP contribution in [0, 0.1) is 23.8 Å². The lowest BCUT2D eigenvalue weighted by molar-refractivity contribution is -0.383. The van der Waals surface area contributed by atoms with Crippen LogP contribution in [0.1, 0.15) is 19.4 Å². The number of hydrogen-bond acceptors (Lipinski definition) is 5. The minimum atomic E-state index is -2.57. The van der Waals surface area contributed by atoms with Gasteiger partial charge in [0.2, 0.25) is 0 Å². The summed E-state index contributed by atoms with van der Waals surface area (Å²) in [7, 11) is 1.55. The minimum absolute atomic E-state index is 0.00347. The first-order valence-electron chi connectivity index (χ1n) is 19.2. The predicted octanol–water partition coefficient (Wildman–Crippen LogP) is 11.5. The summed E-state index contributed by atoms with van der Waals surface area (Å²) in [5, 5.41) is 13.8. The van der Waals surface area contributed by atoms with Gasteiger partial charge in [0.05, 0.1) is 34.2 Å². The van der Waals surface area contributed by atoms with E-state index in [-0.39, 0.29) is 21.7 Å². The Labute approximate surface area is 303 Å². The van der Waals surface area contributed by atoms with E-state index in [1.165, 1.54) is 12.3 Å². The molecule has 51 heavy (non-hydrogen) atoms. The van der Waals surface area contributed by atoms with Crippen molar-refractivity contribution in [1.82, 2.24) is 9.55 Å². The maximum absolute atomic E-state index is 12.4. The van der Waals surface area contributed by atoms with Gasteiger partial charge in [-0.1, -0.05) is 78.4 Å². The number of fused-ring (bicyclic) bond motifs is 3. The van der Waals surface area contributed by atoms with Gasteiger partial charge < -0.3 is 9.47 Å². The molecule has 2 heterocycles. The van der Waals surface area contributed by atoms with Crippen LogP contribution in [0.5, 0.6) is 17.2 Å². The van der Waals surface area contributed by atoms with Crippen LogP contribution in [-0.2, 0) is 0 Å². The smallest absolute Gasteiger partial charge is 0.284 e. The molecule has 0 bridgehead atoms. The molecule has 0 saturated carbocycles. The lowest BCUT2D eigenvalue weighted by atomic mass is 9.96. The fourth-order valence-electron chi connectivity index (χ4n) is 6.59. The van der Waals surface area contributed by atoms with Crippen molar-refractivity contribution >= 4 is 27.5 Å². The lowest BCUT2D eigenvalue weighted by Gasteiger charge is -2.15. The molecule has 8 aromatic rings. The second-order valence-electron chi connectivity index (χ2n) is 12.0. The predicted molar refractivity (Wildman–Crippen MR) is 204 cm³/mol. The zero-order valence-corrected chi connectivity index (χ0v) is 27.3. The Kier molecular flexibility index (Phi) is 6.42. The van der Waals surface area contributed by atoms with Gasteiger partial charge in [-0.3, -0.25) is 14.7 Å². The Morgan fingerprint density at radius 1 is 0.667 bits per heavy atom. The van der Waals surface area contributed by atoms with Crippen molar-refractivity contribution in [2.45, 2.75) is 13.7 Å². The summed E-state index contributed by atoms with van der Waals surface area (Å²) in [6.45, 7) is -4.90. The molecule has 8 rings (SSSR count). The van der Waals surface area contributed by atoms with Crippen LogP contribution in [0.15, 0.2) is 146 Å². The molecule has 0 atom stereocenters. The van der Waals surface area contributed by atoms with E-state index in [9.17, 15) is 10.1 Å². The Bertz CT molecular complexity index is 2820. The van der Waals surface area contributed by atoms with Crippen molar-refractivity contribution in [3.63, 3.8) is 0 Å². The Balaban J connectivity index is 1.19. The highest BCUT2D eigenvalue weighted by molar-refractivity contribution is 6.09. The van der Waals surface area contributed by atoms with E-state index in [2.05, 4.69) is 0 Å². The molecular weight excluding hydrogens is 635 g/mol. The maximum atomic E-state index is 12.4. The van der Waals surface area contributed by atoms with Gasteiger partial charge in [-0.2, -0.15) is 0 Å². The van der Waals surface area contributed by atoms with Crippen molar-refractivity contribution in [2.75, 3.05) is 7.11 Å². The third kappa shape index (κ3) is 5.74. The zero-order valence-electron chi connectivity index (χ0n) is 33.3. The number of aryl methyl sites for hydroxylation is 2. The first kappa shape index (κ1) is 25.3. The molecule has 0 aliphatic heterocycles. The summed E-state index contributed by atoms with van der Waals surface area (Å²) in [6, 6.07) is 40.3. The van der Waals surface area contributed by atoms with E-state index >= 15 is 0 Å². The number of benzene rings is 6. The normalized spacial score (nSPS) is 13.4. The SMILES string of the molecule is [2H]C([2H])([2H])c1ccc2c(c1)c1ccc(OC)cc1n2-c1cc(C([2H])([2H])[2H])c(-c2ccccc2Oc2ccc(-c3cccc(-c4ccccc4)c3[N+](=O)[O-])cc2)cn1. The number of nitro groups is 1. The average molecular weight is 674 g/mol. The molecule has 0 aliphatic carbocycles. The van der Waals surface area contributed by atoms with Gasteiger partial charge in [-0.15, -0.1) is 0 Å². The molecule has 0 aliphatic rings. The topological polar surface area (TPSA) is 79.4 Å². The lowest BCUT2D eigenvalue weighted by Crippen LogP contribution is -2.00. The van der Waals surface area contributed by atoms with Gasteiger partial charge in [0.15, 0.2) is 0 Å². The molecule has 7 heteroatoms. The standard InChI is InChI=1S/C44H33N3O4/c1-28-16-23-40-38(24-28)36-22-21-33(50-3)26-41(36)46(40)43-25-29(2)39(27-45-43)37-12-7-8-15-42(37)51-32-19-17-31(18-20-32)35-14-9-13-34(44(35)47(48)49)30-10-5-4-6-11-30/h4-27H,1-3H3/i1D3,2D3. The van der Waals surface area contributed by atoms with Crippen LogP contribution in [0.2, 0.25) is 0 Å². The molecule has 0 radical (unpaired) electrons.